The summed E-state index contributed by atoms with van der Waals surface area (Å²) in [5, 5.41) is 6.63. The number of carbonyl (C=O) groups is 1. The molecule has 1 saturated heterocycles. The number of benzene rings is 1. The van der Waals surface area contributed by atoms with Crippen LogP contribution in [-0.2, 0) is 21.2 Å². The van der Waals surface area contributed by atoms with Gasteiger partial charge >= 0.3 is 5.76 Å². The zero-order valence-electron chi connectivity index (χ0n) is 15.8. The lowest BCUT2D eigenvalue weighted by Gasteiger charge is -2.33. The largest absolute Gasteiger partial charge is 0.361 e. The Morgan fingerprint density at radius 1 is 1.17 bits per heavy atom. The molecule has 0 spiro atoms. The highest BCUT2D eigenvalue weighted by Gasteiger charge is 2.26. The van der Waals surface area contributed by atoms with E-state index in [4.69, 9.17) is 4.52 Å². The number of alkyl halides is 2. The van der Waals surface area contributed by atoms with Gasteiger partial charge in [-0.3, -0.25) is 14.6 Å². The van der Waals surface area contributed by atoms with Crippen molar-refractivity contribution in [3.05, 3.63) is 41.8 Å². The molecule has 0 bridgehead atoms. The van der Waals surface area contributed by atoms with E-state index in [1.54, 1.807) is 0 Å². The van der Waals surface area contributed by atoms with Gasteiger partial charge in [0.25, 0.3) is 0 Å². The van der Waals surface area contributed by atoms with Crippen LogP contribution < -0.4 is 5.32 Å². The predicted molar refractivity (Wildman–Crippen MR) is 101 cm³/mol. The van der Waals surface area contributed by atoms with Gasteiger partial charge in [0.1, 0.15) is 5.76 Å². The number of nitrogens with zero attached hydrogens (tertiary/aromatic N) is 3. The number of sulfone groups is 1. The maximum atomic E-state index is 12.5. The van der Waals surface area contributed by atoms with Crippen LogP contribution in [0.25, 0.3) is 0 Å². The Morgan fingerprint density at radius 3 is 2.34 bits per heavy atom. The quantitative estimate of drug-likeness (QED) is 0.718. The third-order valence-corrected chi connectivity index (χ3v) is 5.99. The molecule has 0 saturated carbocycles. The molecule has 0 radical (unpaired) electrons. The number of halogens is 2. The molecule has 2 aromatic rings. The summed E-state index contributed by atoms with van der Waals surface area (Å²) in [6, 6.07) is 6.61. The van der Waals surface area contributed by atoms with E-state index in [0.717, 1.165) is 49.8 Å². The van der Waals surface area contributed by atoms with Gasteiger partial charge in [-0.25, -0.2) is 8.42 Å². The van der Waals surface area contributed by atoms with Gasteiger partial charge in [0.15, 0.2) is 0 Å². The van der Waals surface area contributed by atoms with Crippen LogP contribution in [0.15, 0.2) is 39.8 Å². The molecular formula is C18H22F2N4O4S. The number of rotatable bonds is 7. The van der Waals surface area contributed by atoms with Gasteiger partial charge in [-0.15, -0.1) is 0 Å². The summed E-state index contributed by atoms with van der Waals surface area (Å²) in [4.78, 5) is 16.0. The van der Waals surface area contributed by atoms with Gasteiger partial charge in [0.2, 0.25) is 15.7 Å². The van der Waals surface area contributed by atoms with E-state index in [-0.39, 0.29) is 12.5 Å². The highest BCUT2D eigenvalue weighted by Crippen LogP contribution is 2.20. The van der Waals surface area contributed by atoms with E-state index in [2.05, 4.69) is 15.4 Å². The second kappa shape index (κ2) is 8.97. The summed E-state index contributed by atoms with van der Waals surface area (Å²) in [6.45, 7) is 5.75. The number of carbonyl (C=O) groups excluding carboxylic acids is 1. The van der Waals surface area contributed by atoms with Crippen LogP contribution in [0.4, 0.5) is 14.5 Å². The third-order valence-electron chi connectivity index (χ3n) is 4.60. The molecular weight excluding hydrogens is 406 g/mol. The zero-order valence-corrected chi connectivity index (χ0v) is 16.7. The minimum Gasteiger partial charge on any atom is -0.361 e. The van der Waals surface area contributed by atoms with E-state index in [0.29, 0.717) is 12.2 Å². The summed E-state index contributed by atoms with van der Waals surface area (Å²) >= 11 is 0. The van der Waals surface area contributed by atoms with Crippen molar-refractivity contribution in [2.45, 2.75) is 24.1 Å². The van der Waals surface area contributed by atoms with Gasteiger partial charge in [-0.05, 0) is 31.2 Å². The molecule has 29 heavy (non-hydrogen) atoms. The van der Waals surface area contributed by atoms with Gasteiger partial charge < -0.3 is 9.84 Å². The monoisotopic (exact) mass is 428 g/mol. The summed E-state index contributed by atoms with van der Waals surface area (Å²) < 4.78 is 53.0. The molecule has 0 atom stereocenters. The Labute approximate surface area is 167 Å². The predicted octanol–water partition coefficient (Wildman–Crippen LogP) is 1.74. The fourth-order valence-corrected chi connectivity index (χ4v) is 3.78. The Balaban J connectivity index is 1.45. The first kappa shape index (κ1) is 21.3. The van der Waals surface area contributed by atoms with E-state index < -0.39 is 20.5 Å². The second-order valence-corrected chi connectivity index (χ2v) is 8.78. The number of aromatic nitrogens is 1. The number of hydrogen-bond acceptors (Lipinski definition) is 7. The summed E-state index contributed by atoms with van der Waals surface area (Å²) in [7, 11) is -4.64. The first-order chi connectivity index (χ1) is 13.7. The van der Waals surface area contributed by atoms with Crippen LogP contribution in [0.3, 0.4) is 0 Å². The Hall–Kier alpha value is -2.37. The summed E-state index contributed by atoms with van der Waals surface area (Å²) in [6.07, 6.45) is 0. The fraction of sp³-hybridized carbons (Fsp3) is 0.444. The molecule has 1 aromatic heterocycles. The Morgan fingerprint density at radius 2 is 1.79 bits per heavy atom. The van der Waals surface area contributed by atoms with Gasteiger partial charge in [0, 0.05) is 44.5 Å². The first-order valence-electron chi connectivity index (χ1n) is 9.03. The minimum absolute atomic E-state index is 0.188. The molecule has 0 unspecified atom stereocenters. The number of piperazine rings is 1. The number of amides is 1. The second-order valence-electron chi connectivity index (χ2n) is 6.86. The van der Waals surface area contributed by atoms with Crippen LogP contribution in [0.1, 0.15) is 11.5 Å². The van der Waals surface area contributed by atoms with E-state index in [9.17, 15) is 22.0 Å². The highest BCUT2D eigenvalue weighted by molar-refractivity contribution is 7.91. The molecule has 1 aromatic carbocycles. The van der Waals surface area contributed by atoms with E-state index >= 15 is 0 Å². The topological polar surface area (TPSA) is 95.8 Å². The Bertz CT molecular complexity index is 939. The van der Waals surface area contributed by atoms with E-state index in [1.807, 2.05) is 17.9 Å². The van der Waals surface area contributed by atoms with Crippen LogP contribution in [-0.4, -0.2) is 67.8 Å². The molecule has 2 heterocycles. The molecule has 1 aliphatic rings. The van der Waals surface area contributed by atoms with Crippen LogP contribution in [0, 0.1) is 6.92 Å². The minimum atomic E-state index is -4.64. The number of nitrogens with one attached hydrogen (secondary N) is 1. The molecule has 1 aliphatic heterocycles. The maximum Gasteiger partial charge on any atom is 0.341 e. The lowest BCUT2D eigenvalue weighted by Crippen LogP contribution is -2.48. The summed E-state index contributed by atoms with van der Waals surface area (Å²) in [5.74, 6) is -2.96. The fourth-order valence-electron chi connectivity index (χ4n) is 3.06. The average Bonchev–Trinajstić information content (AvgIpc) is 3.08. The van der Waals surface area contributed by atoms with Crippen molar-refractivity contribution in [1.82, 2.24) is 15.0 Å². The van der Waals surface area contributed by atoms with Crippen LogP contribution >= 0.6 is 0 Å². The Kier molecular flexibility index (Phi) is 6.60. The first-order valence-corrected chi connectivity index (χ1v) is 10.6. The average molecular weight is 428 g/mol. The van der Waals surface area contributed by atoms with Crippen molar-refractivity contribution < 1.29 is 26.5 Å². The van der Waals surface area contributed by atoms with Crippen molar-refractivity contribution in [3.63, 3.8) is 0 Å². The molecule has 11 heteroatoms. The zero-order chi connectivity index (χ0) is 21.0. The number of aryl methyl sites for hydroxylation is 1. The van der Waals surface area contributed by atoms with Crippen LogP contribution in [0.5, 0.6) is 0 Å². The molecule has 3 rings (SSSR count). The van der Waals surface area contributed by atoms with Gasteiger partial charge in [-0.2, -0.15) is 8.78 Å². The smallest absolute Gasteiger partial charge is 0.341 e. The number of anilines is 1. The molecule has 1 N–H and O–H groups in total. The van der Waals surface area contributed by atoms with Crippen molar-refractivity contribution in [3.8, 4) is 0 Å². The number of hydrogen-bond donors (Lipinski definition) is 1. The van der Waals surface area contributed by atoms with Crippen molar-refractivity contribution in [2.75, 3.05) is 38.0 Å². The van der Waals surface area contributed by atoms with Crippen LogP contribution in [0.2, 0.25) is 0 Å². The van der Waals surface area contributed by atoms with Gasteiger partial charge in [0.05, 0.1) is 17.1 Å². The molecule has 158 valence electrons. The SMILES string of the molecule is Cc1cc(CN2CCN(CC(=O)Nc3ccc(S(=O)(=O)C(F)F)cc3)CC2)no1. The molecule has 1 fully saturated rings. The maximum absolute atomic E-state index is 12.5. The third kappa shape index (κ3) is 5.58. The van der Waals surface area contributed by atoms with E-state index in [1.165, 1.54) is 12.1 Å². The van der Waals surface area contributed by atoms with Gasteiger partial charge in [-0.1, -0.05) is 5.16 Å². The highest BCUT2D eigenvalue weighted by atomic mass is 32.2. The molecule has 1 amide bonds. The standard InChI is InChI=1S/C18H22F2N4O4S/c1-13-10-15(22-28-13)11-23-6-8-24(9-7-23)12-17(25)21-14-2-4-16(5-3-14)29(26,27)18(19)20/h2-5,10,18H,6-9,11-12H2,1H3,(H,21,25). The molecule has 0 aliphatic carbocycles. The normalized spacial score (nSPS) is 16.3. The van der Waals surface area contributed by atoms with Crippen molar-refractivity contribution in [1.29, 1.82) is 0 Å². The van der Waals surface area contributed by atoms with Crippen molar-refractivity contribution >= 4 is 21.4 Å². The summed E-state index contributed by atoms with van der Waals surface area (Å²) in [5.41, 5.74) is 1.23. The van der Waals surface area contributed by atoms with Crippen molar-refractivity contribution in [2.24, 2.45) is 0 Å². The lowest BCUT2D eigenvalue weighted by molar-refractivity contribution is -0.117. The molecule has 8 nitrogen and oxygen atoms in total. The lowest BCUT2D eigenvalue weighted by atomic mass is 10.2.